The van der Waals surface area contributed by atoms with E-state index in [1.807, 2.05) is 13.8 Å². The van der Waals surface area contributed by atoms with E-state index in [-0.39, 0.29) is 23.7 Å². The number of likely N-dealkylation sites (tertiary alicyclic amines) is 1. The molecule has 2 amide bonds. The number of amides is 2. The van der Waals surface area contributed by atoms with Gasteiger partial charge in [0.15, 0.2) is 0 Å². The molecule has 0 radical (unpaired) electrons. The normalized spacial score (nSPS) is 22.3. The zero-order valence-electron chi connectivity index (χ0n) is 10.0. The molecule has 1 fully saturated rings. The van der Waals surface area contributed by atoms with Crippen LogP contribution in [0.4, 0.5) is 0 Å². The topological polar surface area (TPSA) is 75.4 Å². The number of carbonyl (C=O) groups excluding carboxylic acids is 2. The SMILES string of the molecule is CCN1CC(C(=O)NCC(C)CN)CC1=O. The first-order valence-corrected chi connectivity index (χ1v) is 5.84. The highest BCUT2D eigenvalue weighted by Gasteiger charge is 2.33. The third kappa shape index (κ3) is 3.20. The van der Waals surface area contributed by atoms with E-state index in [1.54, 1.807) is 4.90 Å². The van der Waals surface area contributed by atoms with Crippen molar-refractivity contribution in [1.29, 1.82) is 0 Å². The largest absolute Gasteiger partial charge is 0.355 e. The lowest BCUT2D eigenvalue weighted by Gasteiger charge is -2.15. The van der Waals surface area contributed by atoms with Crippen LogP contribution in [0, 0.1) is 11.8 Å². The summed E-state index contributed by atoms with van der Waals surface area (Å²) in [5.41, 5.74) is 5.46. The fraction of sp³-hybridized carbons (Fsp3) is 0.818. The lowest BCUT2D eigenvalue weighted by atomic mass is 10.1. The van der Waals surface area contributed by atoms with Crippen molar-refractivity contribution < 1.29 is 9.59 Å². The molecule has 0 aliphatic carbocycles. The summed E-state index contributed by atoms with van der Waals surface area (Å²) in [6.07, 6.45) is 0.344. The molecule has 2 atom stereocenters. The minimum atomic E-state index is -0.183. The van der Waals surface area contributed by atoms with E-state index in [4.69, 9.17) is 5.73 Å². The van der Waals surface area contributed by atoms with Crippen LogP contribution in [0.15, 0.2) is 0 Å². The van der Waals surface area contributed by atoms with Crippen LogP contribution in [0.3, 0.4) is 0 Å². The van der Waals surface area contributed by atoms with Gasteiger partial charge in [0.1, 0.15) is 0 Å². The summed E-state index contributed by atoms with van der Waals surface area (Å²) in [6.45, 7) is 6.30. The molecule has 1 rings (SSSR count). The molecule has 16 heavy (non-hydrogen) atoms. The molecule has 1 saturated heterocycles. The molecule has 0 spiro atoms. The van der Waals surface area contributed by atoms with Crippen LogP contribution in [0.2, 0.25) is 0 Å². The predicted octanol–water partition coefficient (Wildman–Crippen LogP) is -0.434. The van der Waals surface area contributed by atoms with Crippen molar-refractivity contribution in [3.05, 3.63) is 0 Å². The van der Waals surface area contributed by atoms with Gasteiger partial charge in [-0.05, 0) is 19.4 Å². The summed E-state index contributed by atoms with van der Waals surface area (Å²) < 4.78 is 0. The highest BCUT2D eigenvalue weighted by atomic mass is 16.2. The van der Waals surface area contributed by atoms with Crippen molar-refractivity contribution in [2.75, 3.05) is 26.2 Å². The number of carbonyl (C=O) groups is 2. The minimum absolute atomic E-state index is 0.0235. The van der Waals surface area contributed by atoms with Gasteiger partial charge in [-0.2, -0.15) is 0 Å². The summed E-state index contributed by atoms with van der Waals surface area (Å²) in [4.78, 5) is 24.9. The molecular weight excluding hydrogens is 206 g/mol. The molecule has 0 aromatic rings. The lowest BCUT2D eigenvalue weighted by Crippen LogP contribution is -2.36. The maximum atomic E-state index is 11.7. The fourth-order valence-electron chi connectivity index (χ4n) is 1.76. The van der Waals surface area contributed by atoms with Crippen LogP contribution in [0.5, 0.6) is 0 Å². The Morgan fingerprint density at radius 1 is 1.69 bits per heavy atom. The van der Waals surface area contributed by atoms with E-state index in [9.17, 15) is 9.59 Å². The third-order valence-corrected chi connectivity index (χ3v) is 2.99. The van der Waals surface area contributed by atoms with E-state index in [0.717, 1.165) is 0 Å². The van der Waals surface area contributed by atoms with E-state index in [2.05, 4.69) is 5.32 Å². The molecule has 1 heterocycles. The van der Waals surface area contributed by atoms with Gasteiger partial charge in [-0.3, -0.25) is 9.59 Å². The summed E-state index contributed by atoms with van der Waals surface area (Å²) in [7, 11) is 0. The van der Waals surface area contributed by atoms with Crippen molar-refractivity contribution in [1.82, 2.24) is 10.2 Å². The standard InChI is InChI=1S/C11H21N3O2/c1-3-14-7-9(4-10(14)15)11(16)13-6-8(2)5-12/h8-9H,3-7,12H2,1-2H3,(H,13,16). The summed E-state index contributed by atoms with van der Waals surface area (Å²) in [6, 6.07) is 0. The van der Waals surface area contributed by atoms with Crippen LogP contribution < -0.4 is 11.1 Å². The molecule has 92 valence electrons. The summed E-state index contributed by atoms with van der Waals surface area (Å²) >= 11 is 0. The average molecular weight is 227 g/mol. The number of rotatable bonds is 5. The Morgan fingerprint density at radius 2 is 2.38 bits per heavy atom. The Hall–Kier alpha value is -1.10. The minimum Gasteiger partial charge on any atom is -0.355 e. The molecule has 1 aliphatic heterocycles. The van der Waals surface area contributed by atoms with Gasteiger partial charge in [-0.1, -0.05) is 6.92 Å². The quantitative estimate of drug-likeness (QED) is 0.669. The van der Waals surface area contributed by atoms with Gasteiger partial charge in [0.2, 0.25) is 11.8 Å². The predicted molar refractivity (Wildman–Crippen MR) is 61.6 cm³/mol. The fourth-order valence-corrected chi connectivity index (χ4v) is 1.76. The second kappa shape index (κ2) is 5.84. The van der Waals surface area contributed by atoms with E-state index < -0.39 is 0 Å². The van der Waals surface area contributed by atoms with Gasteiger partial charge in [0, 0.05) is 26.1 Å². The number of hydrogen-bond donors (Lipinski definition) is 2. The van der Waals surface area contributed by atoms with Crippen molar-refractivity contribution in [3.63, 3.8) is 0 Å². The average Bonchev–Trinajstić information content (AvgIpc) is 2.66. The molecule has 5 nitrogen and oxygen atoms in total. The molecule has 0 aromatic heterocycles. The lowest BCUT2D eigenvalue weighted by molar-refractivity contribution is -0.128. The van der Waals surface area contributed by atoms with Crippen molar-refractivity contribution in [2.24, 2.45) is 17.6 Å². The second-order valence-electron chi connectivity index (χ2n) is 4.42. The van der Waals surface area contributed by atoms with Crippen molar-refractivity contribution in [2.45, 2.75) is 20.3 Å². The van der Waals surface area contributed by atoms with Crippen LogP contribution in [0.25, 0.3) is 0 Å². The number of hydrogen-bond acceptors (Lipinski definition) is 3. The Kier molecular flexibility index (Phi) is 4.73. The van der Waals surface area contributed by atoms with Gasteiger partial charge in [-0.15, -0.1) is 0 Å². The Morgan fingerprint density at radius 3 is 2.88 bits per heavy atom. The van der Waals surface area contributed by atoms with Crippen molar-refractivity contribution >= 4 is 11.8 Å². The molecule has 0 saturated carbocycles. The van der Waals surface area contributed by atoms with Crippen molar-refractivity contribution in [3.8, 4) is 0 Å². The van der Waals surface area contributed by atoms with Gasteiger partial charge < -0.3 is 16.0 Å². The maximum absolute atomic E-state index is 11.7. The first-order valence-electron chi connectivity index (χ1n) is 5.84. The summed E-state index contributed by atoms with van der Waals surface area (Å²) in [5.74, 6) is 0.153. The number of nitrogens with one attached hydrogen (secondary N) is 1. The summed E-state index contributed by atoms with van der Waals surface area (Å²) in [5, 5.41) is 2.84. The monoisotopic (exact) mass is 227 g/mol. The zero-order valence-corrected chi connectivity index (χ0v) is 10.0. The Balaban J connectivity index is 2.36. The van der Waals surface area contributed by atoms with Crippen LogP contribution in [-0.2, 0) is 9.59 Å². The molecule has 3 N–H and O–H groups in total. The van der Waals surface area contributed by atoms with Gasteiger partial charge in [0.25, 0.3) is 0 Å². The molecule has 5 heteroatoms. The Bertz CT molecular complexity index is 268. The number of nitrogens with zero attached hydrogens (tertiary/aromatic N) is 1. The van der Waals surface area contributed by atoms with E-state index in [1.165, 1.54) is 0 Å². The Labute approximate surface area is 96.4 Å². The molecule has 1 aliphatic rings. The van der Waals surface area contributed by atoms with Crippen LogP contribution in [0.1, 0.15) is 20.3 Å². The maximum Gasteiger partial charge on any atom is 0.225 e. The smallest absolute Gasteiger partial charge is 0.225 e. The first-order chi connectivity index (χ1) is 7.58. The number of nitrogens with two attached hydrogens (primary N) is 1. The van der Waals surface area contributed by atoms with Crippen LogP contribution in [-0.4, -0.2) is 42.9 Å². The van der Waals surface area contributed by atoms with Gasteiger partial charge in [0.05, 0.1) is 5.92 Å². The first kappa shape index (κ1) is 13.0. The molecular formula is C11H21N3O2. The van der Waals surface area contributed by atoms with Crippen LogP contribution >= 0.6 is 0 Å². The van der Waals surface area contributed by atoms with E-state index in [0.29, 0.717) is 32.6 Å². The highest BCUT2D eigenvalue weighted by molar-refractivity contribution is 5.89. The molecule has 0 bridgehead atoms. The zero-order chi connectivity index (χ0) is 12.1. The highest BCUT2D eigenvalue weighted by Crippen LogP contribution is 2.17. The third-order valence-electron chi connectivity index (χ3n) is 2.99. The molecule has 0 aromatic carbocycles. The van der Waals surface area contributed by atoms with Gasteiger partial charge in [-0.25, -0.2) is 0 Å². The molecule has 2 unspecified atom stereocenters. The second-order valence-corrected chi connectivity index (χ2v) is 4.42. The van der Waals surface area contributed by atoms with Gasteiger partial charge >= 0.3 is 0 Å². The van der Waals surface area contributed by atoms with E-state index >= 15 is 0 Å².